The van der Waals surface area contributed by atoms with Gasteiger partial charge in [0, 0.05) is 11.7 Å². The van der Waals surface area contributed by atoms with Crippen molar-refractivity contribution in [1.29, 1.82) is 0 Å². The van der Waals surface area contributed by atoms with Gasteiger partial charge in [-0.3, -0.25) is 4.79 Å². The number of carboxylic acid groups (broad SMARTS) is 1. The van der Waals surface area contributed by atoms with Gasteiger partial charge in [0.05, 0.1) is 0 Å². The van der Waals surface area contributed by atoms with Crippen LogP contribution in [0.3, 0.4) is 0 Å². The zero-order valence-electron chi connectivity index (χ0n) is 8.32. The third-order valence-electron chi connectivity index (χ3n) is 1.83. The summed E-state index contributed by atoms with van der Waals surface area (Å²) in [4.78, 5) is 10.3. The van der Waals surface area contributed by atoms with Gasteiger partial charge in [-0.2, -0.15) is 11.8 Å². The highest BCUT2D eigenvalue weighted by Gasteiger charge is 2.07. The Hall–Kier alpha value is -0.220. The lowest BCUT2D eigenvalue weighted by Crippen LogP contribution is -2.14. The van der Waals surface area contributed by atoms with E-state index in [1.165, 1.54) is 0 Å². The summed E-state index contributed by atoms with van der Waals surface area (Å²) in [6.45, 7) is 4.88. The largest absolute Gasteiger partial charge is 0.481 e. The Labute approximate surface area is 84.1 Å². The van der Waals surface area contributed by atoms with Crippen LogP contribution in [0.4, 0.5) is 0 Å². The molecule has 0 bridgehead atoms. The van der Waals surface area contributed by atoms with E-state index in [0.29, 0.717) is 17.7 Å². The van der Waals surface area contributed by atoms with E-state index in [9.17, 15) is 4.79 Å². The summed E-state index contributed by atoms with van der Waals surface area (Å²) in [5, 5.41) is 8.88. The van der Waals surface area contributed by atoms with Crippen LogP contribution in [0.15, 0.2) is 0 Å². The van der Waals surface area contributed by atoms with Crippen molar-refractivity contribution in [2.75, 3.05) is 12.3 Å². The van der Waals surface area contributed by atoms with Crippen molar-refractivity contribution in [3.05, 3.63) is 0 Å². The molecule has 3 nitrogen and oxygen atoms in total. The highest BCUT2D eigenvalue weighted by Crippen LogP contribution is 2.18. The summed E-state index contributed by atoms with van der Waals surface area (Å²) >= 11 is 1.81. The van der Waals surface area contributed by atoms with Gasteiger partial charge in [0.1, 0.15) is 0 Å². The molecule has 78 valence electrons. The summed E-state index contributed by atoms with van der Waals surface area (Å²) in [5.74, 6) is 0.841. The van der Waals surface area contributed by atoms with Gasteiger partial charge in [0.2, 0.25) is 0 Å². The fourth-order valence-corrected chi connectivity index (χ4v) is 1.88. The van der Waals surface area contributed by atoms with Crippen LogP contribution in [0.2, 0.25) is 0 Å². The molecule has 0 aromatic heterocycles. The molecule has 13 heavy (non-hydrogen) atoms. The quantitative estimate of drug-likeness (QED) is 0.662. The minimum Gasteiger partial charge on any atom is -0.481 e. The summed E-state index contributed by atoms with van der Waals surface area (Å²) in [6.07, 6.45) is 1.02. The molecule has 3 N–H and O–H groups in total. The number of nitrogens with two attached hydrogens (primary N) is 1. The van der Waals surface area contributed by atoms with Crippen LogP contribution in [0.1, 0.15) is 26.7 Å². The van der Waals surface area contributed by atoms with Gasteiger partial charge in [-0.25, -0.2) is 0 Å². The van der Waals surface area contributed by atoms with E-state index in [1.54, 1.807) is 0 Å². The Morgan fingerprint density at radius 2 is 2.15 bits per heavy atom. The molecular formula is C9H19NO2S. The van der Waals surface area contributed by atoms with Gasteiger partial charge in [-0.15, -0.1) is 0 Å². The molecule has 0 saturated heterocycles. The average molecular weight is 205 g/mol. The van der Waals surface area contributed by atoms with Gasteiger partial charge < -0.3 is 10.8 Å². The number of carbonyl (C=O) groups is 1. The first kappa shape index (κ1) is 12.8. The molecular weight excluding hydrogens is 186 g/mol. The lowest BCUT2D eigenvalue weighted by Gasteiger charge is -2.12. The number of hydrogen-bond acceptors (Lipinski definition) is 3. The molecule has 0 aromatic rings. The highest BCUT2D eigenvalue weighted by atomic mass is 32.2. The molecule has 0 spiro atoms. The van der Waals surface area contributed by atoms with Crippen molar-refractivity contribution in [3.63, 3.8) is 0 Å². The van der Waals surface area contributed by atoms with Crippen molar-refractivity contribution in [3.8, 4) is 0 Å². The van der Waals surface area contributed by atoms with Gasteiger partial charge in [0.25, 0.3) is 0 Å². The molecule has 0 aliphatic heterocycles. The molecule has 0 aliphatic rings. The van der Waals surface area contributed by atoms with Crippen LogP contribution in [0, 0.1) is 5.92 Å². The van der Waals surface area contributed by atoms with E-state index >= 15 is 0 Å². The Morgan fingerprint density at radius 1 is 1.54 bits per heavy atom. The Balaban J connectivity index is 3.39. The normalized spacial score (nSPS) is 15.3. The van der Waals surface area contributed by atoms with E-state index in [4.69, 9.17) is 10.8 Å². The number of aliphatic carboxylic acids is 1. The second kappa shape index (κ2) is 7.21. The average Bonchev–Trinajstić information content (AvgIpc) is 2.10. The number of hydrogen-bond donors (Lipinski definition) is 2. The fraction of sp³-hybridized carbons (Fsp3) is 0.889. The van der Waals surface area contributed by atoms with Gasteiger partial charge in [-0.05, 0) is 24.6 Å². The number of thioether (sulfide) groups is 1. The van der Waals surface area contributed by atoms with Gasteiger partial charge in [-0.1, -0.05) is 13.8 Å². The summed E-state index contributed by atoms with van der Waals surface area (Å²) in [7, 11) is 0. The molecule has 0 aliphatic carbocycles. The molecule has 0 rings (SSSR count). The SMILES string of the molecule is CC(CN)CSC(C)CCC(=O)O. The third kappa shape index (κ3) is 8.12. The molecule has 0 fully saturated rings. The fourth-order valence-electron chi connectivity index (χ4n) is 0.807. The van der Waals surface area contributed by atoms with Crippen molar-refractivity contribution in [2.24, 2.45) is 11.7 Å². The number of rotatable bonds is 7. The molecule has 2 unspecified atom stereocenters. The summed E-state index contributed by atoms with van der Waals surface area (Å²) in [5.41, 5.74) is 5.47. The smallest absolute Gasteiger partial charge is 0.303 e. The minimum absolute atomic E-state index is 0.269. The second-order valence-corrected chi connectivity index (χ2v) is 4.89. The van der Waals surface area contributed by atoms with Crippen LogP contribution < -0.4 is 5.73 Å². The summed E-state index contributed by atoms with van der Waals surface area (Å²) < 4.78 is 0. The lowest BCUT2D eigenvalue weighted by molar-refractivity contribution is -0.137. The first-order valence-electron chi connectivity index (χ1n) is 4.59. The maximum atomic E-state index is 10.3. The molecule has 0 aromatic carbocycles. The Kier molecular flexibility index (Phi) is 7.09. The van der Waals surface area contributed by atoms with Crippen LogP contribution in [0.5, 0.6) is 0 Å². The third-order valence-corrected chi connectivity index (χ3v) is 3.40. The second-order valence-electron chi connectivity index (χ2n) is 3.42. The molecule has 4 heteroatoms. The summed E-state index contributed by atoms with van der Waals surface area (Å²) in [6, 6.07) is 0. The van der Waals surface area contributed by atoms with Crippen molar-refractivity contribution in [2.45, 2.75) is 31.9 Å². The zero-order chi connectivity index (χ0) is 10.3. The lowest BCUT2D eigenvalue weighted by atomic mass is 10.2. The standard InChI is InChI=1S/C9H19NO2S/c1-7(5-10)6-13-8(2)3-4-9(11)12/h7-8H,3-6,10H2,1-2H3,(H,11,12). The van der Waals surface area contributed by atoms with E-state index in [0.717, 1.165) is 12.2 Å². The van der Waals surface area contributed by atoms with Crippen LogP contribution in [-0.2, 0) is 4.79 Å². The first-order valence-corrected chi connectivity index (χ1v) is 5.64. The molecule has 2 atom stereocenters. The van der Waals surface area contributed by atoms with E-state index in [-0.39, 0.29) is 6.42 Å². The maximum absolute atomic E-state index is 10.3. The highest BCUT2D eigenvalue weighted by molar-refractivity contribution is 7.99. The monoisotopic (exact) mass is 205 g/mol. The van der Waals surface area contributed by atoms with Crippen molar-refractivity contribution >= 4 is 17.7 Å². The van der Waals surface area contributed by atoms with E-state index < -0.39 is 5.97 Å². The van der Waals surface area contributed by atoms with E-state index in [2.05, 4.69) is 13.8 Å². The van der Waals surface area contributed by atoms with Crippen LogP contribution in [-0.4, -0.2) is 28.6 Å². The molecule has 0 heterocycles. The van der Waals surface area contributed by atoms with Crippen molar-refractivity contribution < 1.29 is 9.90 Å². The zero-order valence-corrected chi connectivity index (χ0v) is 9.14. The molecule has 0 saturated carbocycles. The van der Waals surface area contributed by atoms with Gasteiger partial charge in [0.15, 0.2) is 0 Å². The topological polar surface area (TPSA) is 63.3 Å². The molecule has 0 radical (unpaired) electrons. The van der Waals surface area contributed by atoms with Gasteiger partial charge >= 0.3 is 5.97 Å². The van der Waals surface area contributed by atoms with Crippen LogP contribution >= 0.6 is 11.8 Å². The Morgan fingerprint density at radius 3 is 2.62 bits per heavy atom. The van der Waals surface area contributed by atoms with Crippen LogP contribution in [0.25, 0.3) is 0 Å². The minimum atomic E-state index is -0.709. The predicted molar refractivity (Wildman–Crippen MR) is 57.0 cm³/mol. The van der Waals surface area contributed by atoms with E-state index in [1.807, 2.05) is 11.8 Å². The predicted octanol–water partition coefficient (Wildman–Crippen LogP) is 1.57. The maximum Gasteiger partial charge on any atom is 0.303 e. The molecule has 0 amide bonds. The number of carboxylic acids is 1. The van der Waals surface area contributed by atoms with Crippen molar-refractivity contribution in [1.82, 2.24) is 0 Å². The first-order chi connectivity index (χ1) is 6.06. The Bertz CT molecular complexity index is 153.